The number of methoxy groups -OCH3 is 2. The van der Waals surface area contributed by atoms with E-state index >= 15 is 0 Å². The third-order valence-corrected chi connectivity index (χ3v) is 5.62. The Morgan fingerprint density at radius 1 is 0.778 bits per heavy atom. The molecule has 3 aromatic rings. The Kier molecular flexibility index (Phi) is 5.64. The van der Waals surface area contributed by atoms with Crippen LogP contribution in [0.4, 0.5) is 0 Å². The van der Waals surface area contributed by atoms with Crippen molar-refractivity contribution >= 4 is 0 Å². The largest absolute Gasteiger partial charge is 0.497 e. The quantitative estimate of drug-likeness (QED) is 0.597. The average Bonchev–Trinajstić information content (AvgIpc) is 3.24. The first-order chi connectivity index (χ1) is 13.0. The average molecular weight is 367 g/mol. The Balaban J connectivity index is 2.24. The van der Waals surface area contributed by atoms with Gasteiger partial charge in [-0.3, -0.25) is 0 Å². The van der Waals surface area contributed by atoms with Crippen LogP contribution in [0.1, 0.15) is 59.0 Å². The summed E-state index contributed by atoms with van der Waals surface area (Å²) in [5.41, 5.74) is 8.91. The molecule has 0 atom stereocenters. The molecule has 0 amide bonds. The predicted octanol–water partition coefficient (Wildman–Crippen LogP) is 5.28. The molecule has 4 heteroatoms. The zero-order valence-electron chi connectivity index (χ0n) is 17.2. The minimum atomic E-state index is 0.0644. The molecule has 0 aliphatic rings. The maximum absolute atomic E-state index is 5.53. The van der Waals surface area contributed by atoms with E-state index in [0.29, 0.717) is 0 Å². The highest BCUT2D eigenvalue weighted by molar-refractivity contribution is 5.51. The van der Waals surface area contributed by atoms with E-state index < -0.39 is 0 Å². The van der Waals surface area contributed by atoms with Gasteiger partial charge in [0.1, 0.15) is 11.5 Å². The number of aromatic nitrogens is 2. The van der Waals surface area contributed by atoms with E-state index in [9.17, 15) is 0 Å². The van der Waals surface area contributed by atoms with Gasteiger partial charge in [0.05, 0.1) is 20.1 Å². The lowest BCUT2D eigenvalue weighted by Crippen LogP contribution is -2.08. The Bertz CT molecular complexity index is 850. The van der Waals surface area contributed by atoms with Crippen molar-refractivity contribution in [1.29, 1.82) is 0 Å². The molecule has 2 aromatic heterocycles. The topological polar surface area (TPSA) is 50.0 Å². The van der Waals surface area contributed by atoms with Crippen molar-refractivity contribution in [1.82, 2.24) is 9.97 Å². The molecular weight excluding hydrogens is 336 g/mol. The monoisotopic (exact) mass is 366 g/mol. The van der Waals surface area contributed by atoms with E-state index in [2.05, 4.69) is 62.2 Å². The number of H-pyrrole nitrogens is 2. The zero-order valence-corrected chi connectivity index (χ0v) is 17.2. The fourth-order valence-corrected chi connectivity index (χ4v) is 3.92. The molecule has 0 bridgehead atoms. The number of aryl methyl sites for hydroxylation is 2. The third-order valence-electron chi connectivity index (χ3n) is 5.62. The fourth-order valence-electron chi connectivity index (χ4n) is 3.92. The van der Waals surface area contributed by atoms with Gasteiger partial charge in [-0.25, -0.2) is 0 Å². The number of hydrogen-bond donors (Lipinski definition) is 2. The highest BCUT2D eigenvalue weighted by Crippen LogP contribution is 2.39. The van der Waals surface area contributed by atoms with Gasteiger partial charge in [-0.2, -0.15) is 0 Å². The minimum absolute atomic E-state index is 0.0644. The molecule has 0 spiro atoms. The van der Waals surface area contributed by atoms with Crippen molar-refractivity contribution in [2.45, 2.75) is 46.5 Å². The first-order valence-electron chi connectivity index (χ1n) is 9.60. The molecule has 144 valence electrons. The van der Waals surface area contributed by atoms with Gasteiger partial charge in [-0.15, -0.1) is 0 Å². The molecule has 2 heterocycles. The van der Waals surface area contributed by atoms with Crippen molar-refractivity contribution in [2.24, 2.45) is 0 Å². The maximum atomic E-state index is 5.53. The summed E-state index contributed by atoms with van der Waals surface area (Å²) in [6.45, 7) is 8.79. The molecule has 0 unspecified atom stereocenters. The van der Waals surface area contributed by atoms with Crippen molar-refractivity contribution < 1.29 is 9.47 Å². The minimum Gasteiger partial charge on any atom is -0.497 e. The normalized spacial score (nSPS) is 11.2. The maximum Gasteiger partial charge on any atom is 0.122 e. The summed E-state index contributed by atoms with van der Waals surface area (Å²) < 4.78 is 11.1. The van der Waals surface area contributed by atoms with Gasteiger partial charge in [0.2, 0.25) is 0 Å². The number of hydrogen-bond acceptors (Lipinski definition) is 2. The highest BCUT2D eigenvalue weighted by atomic mass is 16.5. The second-order valence-corrected chi connectivity index (χ2v) is 6.99. The van der Waals surface area contributed by atoms with Gasteiger partial charge in [0.25, 0.3) is 0 Å². The third kappa shape index (κ3) is 3.48. The Morgan fingerprint density at radius 2 is 1.22 bits per heavy atom. The highest BCUT2D eigenvalue weighted by Gasteiger charge is 2.26. The van der Waals surface area contributed by atoms with Crippen molar-refractivity contribution in [3.05, 3.63) is 69.8 Å². The molecule has 0 saturated heterocycles. The molecule has 3 rings (SSSR count). The summed E-state index contributed by atoms with van der Waals surface area (Å²) in [4.78, 5) is 7.10. The molecule has 1 aromatic carbocycles. The molecule has 0 aliphatic heterocycles. The summed E-state index contributed by atoms with van der Waals surface area (Å²) in [5.74, 6) is 1.66. The lowest BCUT2D eigenvalue weighted by Gasteiger charge is -2.20. The van der Waals surface area contributed by atoms with E-state index in [1.807, 2.05) is 6.07 Å². The van der Waals surface area contributed by atoms with E-state index in [-0.39, 0.29) is 5.92 Å². The lowest BCUT2D eigenvalue weighted by atomic mass is 9.87. The van der Waals surface area contributed by atoms with Crippen LogP contribution in [0.3, 0.4) is 0 Å². The van der Waals surface area contributed by atoms with Gasteiger partial charge in [0, 0.05) is 29.8 Å². The molecular formula is C23H30N2O2. The Hall–Kier alpha value is -2.62. The van der Waals surface area contributed by atoms with Gasteiger partial charge in [0.15, 0.2) is 0 Å². The molecule has 0 aliphatic carbocycles. The Morgan fingerprint density at radius 3 is 1.56 bits per heavy atom. The number of ether oxygens (including phenoxy) is 2. The SMILES string of the molecule is CCc1c[nH]c(C(c2cc(OC)cc(OC)c2)c2[nH]cc(CC)c2C)c1C. The smallest absolute Gasteiger partial charge is 0.122 e. The van der Waals surface area contributed by atoms with Crippen molar-refractivity contribution in [3.8, 4) is 11.5 Å². The van der Waals surface area contributed by atoms with Crippen LogP contribution >= 0.6 is 0 Å². The second-order valence-electron chi connectivity index (χ2n) is 6.99. The second kappa shape index (κ2) is 7.95. The first kappa shape index (κ1) is 19.2. The molecule has 2 N–H and O–H groups in total. The summed E-state index contributed by atoms with van der Waals surface area (Å²) in [6, 6.07) is 6.12. The van der Waals surface area contributed by atoms with Crippen LogP contribution in [-0.4, -0.2) is 24.2 Å². The number of aromatic amines is 2. The summed E-state index contributed by atoms with van der Waals surface area (Å²) in [6.07, 6.45) is 6.29. The van der Waals surface area contributed by atoms with Crippen LogP contribution in [-0.2, 0) is 12.8 Å². The van der Waals surface area contributed by atoms with E-state index in [1.165, 1.54) is 33.6 Å². The van der Waals surface area contributed by atoms with Crippen LogP contribution in [0.25, 0.3) is 0 Å². The molecule has 4 nitrogen and oxygen atoms in total. The van der Waals surface area contributed by atoms with Crippen LogP contribution < -0.4 is 9.47 Å². The summed E-state index contributed by atoms with van der Waals surface area (Å²) >= 11 is 0. The zero-order chi connectivity index (χ0) is 19.6. The molecule has 0 fully saturated rings. The van der Waals surface area contributed by atoms with Crippen molar-refractivity contribution in [2.75, 3.05) is 14.2 Å². The van der Waals surface area contributed by atoms with E-state index in [1.54, 1.807) is 14.2 Å². The Labute approximate surface area is 161 Å². The van der Waals surface area contributed by atoms with E-state index in [4.69, 9.17) is 9.47 Å². The predicted molar refractivity (Wildman–Crippen MR) is 110 cm³/mol. The number of rotatable bonds is 7. The van der Waals surface area contributed by atoms with Crippen LogP contribution in [0.2, 0.25) is 0 Å². The molecule has 0 radical (unpaired) electrons. The van der Waals surface area contributed by atoms with E-state index in [0.717, 1.165) is 29.9 Å². The standard InChI is InChI=1S/C23H30N2O2/c1-7-16-12-24-22(14(16)3)21(23-15(4)17(8-2)13-25-23)18-9-19(26-5)11-20(10-18)27-6/h9-13,21,24-25H,7-8H2,1-6H3. The van der Waals surface area contributed by atoms with Gasteiger partial charge >= 0.3 is 0 Å². The van der Waals surface area contributed by atoms with Gasteiger partial charge < -0.3 is 19.4 Å². The van der Waals surface area contributed by atoms with Gasteiger partial charge in [-0.05, 0) is 66.6 Å². The first-order valence-corrected chi connectivity index (χ1v) is 9.60. The summed E-state index contributed by atoms with van der Waals surface area (Å²) in [7, 11) is 3.38. The van der Waals surface area contributed by atoms with Crippen LogP contribution in [0.15, 0.2) is 30.6 Å². The molecule has 0 saturated carbocycles. The van der Waals surface area contributed by atoms with Crippen LogP contribution in [0, 0.1) is 13.8 Å². The molecule has 27 heavy (non-hydrogen) atoms. The lowest BCUT2D eigenvalue weighted by molar-refractivity contribution is 0.393. The fraction of sp³-hybridized carbons (Fsp3) is 0.391. The summed E-state index contributed by atoms with van der Waals surface area (Å²) in [5, 5.41) is 0. The van der Waals surface area contributed by atoms with Crippen LogP contribution in [0.5, 0.6) is 11.5 Å². The van der Waals surface area contributed by atoms with Crippen molar-refractivity contribution in [3.63, 3.8) is 0 Å². The number of nitrogens with one attached hydrogen (secondary N) is 2. The van der Waals surface area contributed by atoms with Gasteiger partial charge in [-0.1, -0.05) is 13.8 Å². The number of benzene rings is 1.